The van der Waals surface area contributed by atoms with E-state index < -0.39 is 11.9 Å². The standard InChI is InChI=1S/C40H44N4O6/c1-9-23-20(5)27-15-28-21(6)25(11-12-33(46)50-14-13-19(3)4)37(43-28)35-36(40(48)49-8)39(47)34-22(7)29(44-38(34)35)16-31-24(10-2)26(18-45)32(42-31)17-30(23)41-27/h9,13,15-18,21,25,36,41-44H,1,10-12,14H2,2-8H3/b28-15+,31-16+,32-17+,37-35-/t21-,25-,36+/m0/s1. The van der Waals surface area contributed by atoms with E-state index in [-0.39, 0.29) is 36.6 Å². The Morgan fingerprint density at radius 3 is 2.36 bits per heavy atom. The third-order valence-corrected chi connectivity index (χ3v) is 10.4. The summed E-state index contributed by atoms with van der Waals surface area (Å²) in [5.41, 5.74) is 10.4. The van der Waals surface area contributed by atoms with Crippen molar-refractivity contribution in [3.63, 3.8) is 0 Å². The number of ether oxygens (including phenoxy) is 2. The van der Waals surface area contributed by atoms with Crippen LogP contribution < -0.4 is 16.0 Å². The molecule has 1 aliphatic carbocycles. The summed E-state index contributed by atoms with van der Waals surface area (Å²) in [7, 11) is 1.28. The first-order chi connectivity index (χ1) is 23.9. The molecule has 50 heavy (non-hydrogen) atoms. The molecular formula is C40H44N4O6. The number of aldehydes is 1. The van der Waals surface area contributed by atoms with E-state index in [9.17, 15) is 19.2 Å². The predicted molar refractivity (Wildman–Crippen MR) is 193 cm³/mol. The van der Waals surface area contributed by atoms with Crippen LogP contribution >= 0.6 is 0 Å². The van der Waals surface area contributed by atoms with Crippen LogP contribution in [0.1, 0.15) is 106 Å². The van der Waals surface area contributed by atoms with Crippen LogP contribution in [0.4, 0.5) is 0 Å². The van der Waals surface area contributed by atoms with Crippen molar-refractivity contribution in [1.29, 1.82) is 0 Å². The SMILES string of the molecule is C=Cc1c2[nH]c(c1C)/C=C1/N/C(=C3\c4[nH]c(c(C)c4C(=O)[C@@H]3C(=O)OC)/C=c3/[nH]/c(c(C=O)c3CC)=C/2)[C@@H](CCC(=O)OCC=C(C)C)[C@@H]1C. The molecular weight excluding hydrogens is 632 g/mol. The normalized spacial score (nSPS) is 22.7. The minimum Gasteiger partial charge on any atom is -0.468 e. The third-order valence-electron chi connectivity index (χ3n) is 10.4. The van der Waals surface area contributed by atoms with Crippen LogP contribution in [0.25, 0.3) is 29.9 Å². The minimum atomic E-state index is -1.18. The van der Waals surface area contributed by atoms with Crippen molar-refractivity contribution in [3.05, 3.63) is 96.5 Å². The van der Waals surface area contributed by atoms with Crippen molar-refractivity contribution in [2.75, 3.05) is 13.7 Å². The summed E-state index contributed by atoms with van der Waals surface area (Å²) in [5, 5.41) is 5.02. The number of nitrogens with one attached hydrogen (secondary N) is 4. The van der Waals surface area contributed by atoms with E-state index in [1.165, 1.54) is 7.11 Å². The molecule has 0 saturated carbocycles. The number of hydrogen-bond donors (Lipinski definition) is 4. The number of rotatable bonds is 9. The Balaban J connectivity index is 1.63. The van der Waals surface area contributed by atoms with Gasteiger partial charge in [-0.2, -0.15) is 0 Å². The van der Waals surface area contributed by atoms with E-state index in [4.69, 9.17) is 9.47 Å². The van der Waals surface area contributed by atoms with Gasteiger partial charge in [-0.05, 0) is 81.5 Å². The van der Waals surface area contributed by atoms with Crippen molar-refractivity contribution in [2.45, 2.75) is 60.8 Å². The lowest BCUT2D eigenvalue weighted by Gasteiger charge is -2.19. The molecule has 1 fully saturated rings. The molecule has 10 heteroatoms. The molecule has 2 aliphatic heterocycles. The Hall–Kier alpha value is -5.38. The van der Waals surface area contributed by atoms with Crippen LogP contribution in [-0.2, 0) is 25.5 Å². The highest BCUT2D eigenvalue weighted by Crippen LogP contribution is 2.48. The molecule has 0 spiro atoms. The maximum atomic E-state index is 14.2. The topological polar surface area (TPSA) is 146 Å². The smallest absolute Gasteiger partial charge is 0.321 e. The average Bonchev–Trinajstić information content (AvgIpc) is 3.83. The number of carbonyl (C=O) groups excluding carboxylic acids is 4. The number of methoxy groups -OCH3 is 1. The Morgan fingerprint density at radius 1 is 0.980 bits per heavy atom. The van der Waals surface area contributed by atoms with E-state index in [0.717, 1.165) is 51.0 Å². The lowest BCUT2D eigenvalue weighted by Crippen LogP contribution is -2.25. The lowest BCUT2D eigenvalue weighted by molar-refractivity contribution is -0.143. The first-order valence-electron chi connectivity index (χ1n) is 17.0. The molecule has 0 amide bonds. The van der Waals surface area contributed by atoms with Crippen LogP contribution in [0.5, 0.6) is 0 Å². The lowest BCUT2D eigenvalue weighted by atomic mass is 9.85. The minimum absolute atomic E-state index is 0.125. The highest BCUT2D eigenvalue weighted by Gasteiger charge is 2.48. The Bertz CT molecular complexity index is 2180. The second-order valence-corrected chi connectivity index (χ2v) is 13.5. The summed E-state index contributed by atoms with van der Waals surface area (Å²) in [6.07, 6.45) is 11.6. The highest BCUT2D eigenvalue weighted by molar-refractivity contribution is 6.24. The second kappa shape index (κ2) is 13.5. The van der Waals surface area contributed by atoms with E-state index in [2.05, 4.69) is 33.8 Å². The zero-order chi connectivity index (χ0) is 36.0. The summed E-state index contributed by atoms with van der Waals surface area (Å²) >= 11 is 0. The van der Waals surface area contributed by atoms with Gasteiger partial charge in [0.1, 0.15) is 12.5 Å². The molecule has 0 radical (unpaired) electrons. The van der Waals surface area contributed by atoms with E-state index >= 15 is 0 Å². The molecule has 4 N–H and O–H groups in total. The zero-order valence-corrected chi connectivity index (χ0v) is 29.7. The number of esters is 2. The van der Waals surface area contributed by atoms with Gasteiger partial charge in [0.05, 0.1) is 18.2 Å². The van der Waals surface area contributed by atoms with Gasteiger partial charge in [0.15, 0.2) is 12.1 Å². The van der Waals surface area contributed by atoms with Gasteiger partial charge in [0.2, 0.25) is 0 Å². The van der Waals surface area contributed by atoms with Crippen LogP contribution in [0.3, 0.4) is 0 Å². The molecule has 3 aromatic heterocycles. The summed E-state index contributed by atoms with van der Waals surface area (Å²) in [6, 6.07) is 0. The largest absolute Gasteiger partial charge is 0.468 e. The third kappa shape index (κ3) is 5.72. The van der Waals surface area contributed by atoms with Crippen molar-refractivity contribution < 1.29 is 28.7 Å². The van der Waals surface area contributed by atoms with Gasteiger partial charge in [-0.15, -0.1) is 0 Å². The van der Waals surface area contributed by atoms with Gasteiger partial charge in [-0.3, -0.25) is 19.2 Å². The number of aromatic amines is 3. The van der Waals surface area contributed by atoms with E-state index in [1.54, 1.807) is 6.08 Å². The van der Waals surface area contributed by atoms with Gasteiger partial charge < -0.3 is 29.7 Å². The molecule has 260 valence electrons. The molecule has 0 unspecified atom stereocenters. The van der Waals surface area contributed by atoms with Crippen molar-refractivity contribution in [3.8, 4) is 0 Å². The molecule has 0 aromatic carbocycles. The van der Waals surface area contributed by atoms with Gasteiger partial charge in [-0.25, -0.2) is 0 Å². The first kappa shape index (κ1) is 34.5. The summed E-state index contributed by atoms with van der Waals surface area (Å²) in [5.74, 6) is -2.88. The van der Waals surface area contributed by atoms with Crippen LogP contribution in [0, 0.1) is 31.6 Å². The van der Waals surface area contributed by atoms with Gasteiger partial charge in [0, 0.05) is 74.3 Å². The highest BCUT2D eigenvalue weighted by atomic mass is 16.5. The molecule has 1 saturated heterocycles. The maximum Gasteiger partial charge on any atom is 0.321 e. The number of aromatic nitrogens is 3. The molecule has 3 aliphatic rings. The zero-order valence-electron chi connectivity index (χ0n) is 29.7. The van der Waals surface area contributed by atoms with Crippen LogP contribution in [-0.4, -0.2) is 52.7 Å². The fourth-order valence-corrected chi connectivity index (χ4v) is 7.59. The van der Waals surface area contributed by atoms with Crippen LogP contribution in [0.15, 0.2) is 29.6 Å². The fourth-order valence-electron chi connectivity index (χ4n) is 7.59. The molecule has 10 nitrogen and oxygen atoms in total. The predicted octanol–water partition coefficient (Wildman–Crippen LogP) is 5.16. The molecule has 6 rings (SSSR count). The molecule has 3 atom stereocenters. The Labute approximate surface area is 291 Å². The summed E-state index contributed by atoms with van der Waals surface area (Å²) in [6.45, 7) is 16.1. The fraction of sp³-hybridized carbons (Fsp3) is 0.350. The van der Waals surface area contributed by atoms with E-state index in [0.29, 0.717) is 57.5 Å². The van der Waals surface area contributed by atoms with E-state index in [1.807, 2.05) is 58.9 Å². The number of hydrogen-bond acceptors (Lipinski definition) is 7. The number of H-pyrrole nitrogens is 3. The van der Waals surface area contributed by atoms with Crippen LogP contribution in [0.2, 0.25) is 0 Å². The number of carbonyl (C=O) groups is 4. The number of Topliss-reactive ketones (excluding diaryl/α,β-unsaturated/α-hetero) is 1. The summed E-state index contributed by atoms with van der Waals surface area (Å²) < 4.78 is 10.7. The average molecular weight is 677 g/mol. The molecule has 5 heterocycles. The van der Waals surface area contributed by atoms with Gasteiger partial charge in [-0.1, -0.05) is 32.1 Å². The quantitative estimate of drug-likeness (QED) is 0.106. The maximum absolute atomic E-state index is 14.2. The van der Waals surface area contributed by atoms with Crippen molar-refractivity contribution in [2.24, 2.45) is 17.8 Å². The number of fused-ring (bicyclic) bond motifs is 7. The Morgan fingerprint density at radius 2 is 1.70 bits per heavy atom. The monoisotopic (exact) mass is 676 g/mol. The van der Waals surface area contributed by atoms with Crippen molar-refractivity contribution >= 4 is 53.9 Å². The second-order valence-electron chi connectivity index (χ2n) is 13.5. The molecule has 8 bridgehead atoms. The molecule has 3 aromatic rings. The van der Waals surface area contributed by atoms with Gasteiger partial charge >= 0.3 is 11.9 Å². The number of allylic oxidation sites excluding steroid dienone is 3. The summed E-state index contributed by atoms with van der Waals surface area (Å²) in [4.78, 5) is 63.5. The first-order valence-corrected chi connectivity index (χ1v) is 17.0. The Kier molecular flexibility index (Phi) is 9.31. The van der Waals surface area contributed by atoms with Crippen molar-refractivity contribution in [1.82, 2.24) is 20.3 Å². The van der Waals surface area contributed by atoms with Gasteiger partial charge in [0.25, 0.3) is 0 Å². The number of ketones is 1.